The van der Waals surface area contributed by atoms with Crippen LogP contribution in [-0.2, 0) is 21.2 Å². The molecule has 2 N–H and O–H groups in total. The number of carbonyl (C=O) groups is 1. The molecular weight excluding hydrogens is 452 g/mol. The molecule has 0 aliphatic heterocycles. The molecule has 0 bridgehead atoms. The number of anilines is 2. The third-order valence-corrected chi connectivity index (χ3v) is 7.81. The number of carbonyl (C=O) groups excluding carboxylic acids is 1. The van der Waals surface area contributed by atoms with Crippen LogP contribution >= 0.6 is 22.7 Å². The number of thiazole rings is 2. The van der Waals surface area contributed by atoms with Crippen LogP contribution in [0.3, 0.4) is 0 Å². The Morgan fingerprint density at radius 1 is 1.03 bits per heavy atom. The van der Waals surface area contributed by atoms with Crippen LogP contribution in [0.5, 0.6) is 0 Å². The van der Waals surface area contributed by atoms with Crippen LogP contribution in [-0.4, -0.2) is 24.3 Å². The predicted molar refractivity (Wildman–Crippen MR) is 125 cm³/mol. The molecule has 0 aliphatic carbocycles. The second-order valence-electron chi connectivity index (χ2n) is 7.05. The number of sulfonamides is 1. The summed E-state index contributed by atoms with van der Waals surface area (Å²) < 4.78 is 28.5. The Kier molecular flexibility index (Phi) is 6.03. The molecule has 160 valence electrons. The molecule has 0 spiro atoms. The van der Waals surface area contributed by atoms with E-state index in [9.17, 15) is 13.2 Å². The van der Waals surface area contributed by atoms with Gasteiger partial charge in [-0.3, -0.25) is 9.52 Å². The van der Waals surface area contributed by atoms with Gasteiger partial charge >= 0.3 is 0 Å². The quantitative estimate of drug-likeness (QED) is 0.404. The van der Waals surface area contributed by atoms with Crippen molar-refractivity contribution in [3.05, 3.63) is 64.7 Å². The Morgan fingerprint density at radius 3 is 2.55 bits per heavy atom. The van der Waals surface area contributed by atoms with Crippen LogP contribution in [0.1, 0.15) is 23.2 Å². The van der Waals surface area contributed by atoms with E-state index in [1.54, 1.807) is 29.6 Å². The van der Waals surface area contributed by atoms with Crippen LogP contribution in [0, 0.1) is 13.8 Å². The van der Waals surface area contributed by atoms with Gasteiger partial charge in [0.2, 0.25) is 5.91 Å². The standard InChI is InChI=1S/C21H20N4O3S3/c1-13-6-9-16(10-7-13)31(27,28)25-21-22-15(12-29-21)8-11-18(26)23-20-24-19-14(2)4-3-5-17(19)30-20/h3-7,9-10,12H,8,11H2,1-2H3,(H,22,25)(H,23,24,26). The van der Waals surface area contributed by atoms with Gasteiger partial charge in [-0.25, -0.2) is 18.4 Å². The number of aryl methyl sites for hydroxylation is 3. The topological polar surface area (TPSA) is 101 Å². The van der Waals surface area contributed by atoms with Crippen molar-refractivity contribution in [2.24, 2.45) is 0 Å². The number of amides is 1. The second-order valence-corrected chi connectivity index (χ2v) is 10.6. The van der Waals surface area contributed by atoms with E-state index >= 15 is 0 Å². The molecule has 4 rings (SSSR count). The molecule has 2 heterocycles. The normalized spacial score (nSPS) is 11.5. The number of hydrogen-bond acceptors (Lipinski definition) is 7. The number of rotatable bonds is 7. The van der Waals surface area contributed by atoms with Gasteiger partial charge in [0.1, 0.15) is 0 Å². The molecule has 0 radical (unpaired) electrons. The summed E-state index contributed by atoms with van der Waals surface area (Å²) in [7, 11) is -3.69. The number of para-hydroxylation sites is 1. The minimum atomic E-state index is -3.69. The van der Waals surface area contributed by atoms with E-state index in [1.807, 2.05) is 32.0 Å². The maximum absolute atomic E-state index is 12.5. The molecule has 4 aromatic rings. The van der Waals surface area contributed by atoms with Gasteiger partial charge < -0.3 is 5.32 Å². The zero-order chi connectivity index (χ0) is 22.0. The van der Waals surface area contributed by atoms with Gasteiger partial charge in [0.05, 0.1) is 20.8 Å². The molecular formula is C21H20N4O3S3. The van der Waals surface area contributed by atoms with E-state index in [2.05, 4.69) is 20.0 Å². The van der Waals surface area contributed by atoms with Gasteiger partial charge in [-0.1, -0.05) is 41.2 Å². The molecule has 2 aromatic heterocycles. The average Bonchev–Trinajstić information content (AvgIpc) is 3.33. The minimum Gasteiger partial charge on any atom is -0.302 e. The molecule has 0 unspecified atom stereocenters. The van der Waals surface area contributed by atoms with E-state index < -0.39 is 10.0 Å². The summed E-state index contributed by atoms with van der Waals surface area (Å²) in [6.07, 6.45) is 0.626. The molecule has 0 saturated carbocycles. The van der Waals surface area contributed by atoms with Crippen LogP contribution in [0.2, 0.25) is 0 Å². The van der Waals surface area contributed by atoms with E-state index in [0.717, 1.165) is 21.3 Å². The first-order chi connectivity index (χ1) is 14.8. The molecule has 7 nitrogen and oxygen atoms in total. The Balaban J connectivity index is 1.34. The molecule has 1 amide bonds. The molecule has 0 aliphatic rings. The molecule has 0 saturated heterocycles. The van der Waals surface area contributed by atoms with Crippen molar-refractivity contribution in [2.45, 2.75) is 31.6 Å². The average molecular weight is 473 g/mol. The zero-order valence-electron chi connectivity index (χ0n) is 16.9. The third-order valence-electron chi connectivity index (χ3n) is 4.58. The Morgan fingerprint density at radius 2 is 1.81 bits per heavy atom. The fourth-order valence-electron chi connectivity index (χ4n) is 2.92. The number of nitrogens with zero attached hydrogens (tertiary/aromatic N) is 2. The lowest BCUT2D eigenvalue weighted by Crippen LogP contribution is -2.13. The number of hydrogen-bond donors (Lipinski definition) is 2. The number of aromatic nitrogens is 2. The van der Waals surface area contributed by atoms with Gasteiger partial charge in [-0.05, 0) is 44.0 Å². The smallest absolute Gasteiger partial charge is 0.263 e. The fourth-order valence-corrected chi connectivity index (χ4v) is 5.88. The van der Waals surface area contributed by atoms with Crippen molar-refractivity contribution in [1.29, 1.82) is 0 Å². The van der Waals surface area contributed by atoms with Crippen molar-refractivity contribution in [3.63, 3.8) is 0 Å². The molecule has 0 fully saturated rings. The predicted octanol–water partition coefficient (Wildman–Crippen LogP) is 4.74. The van der Waals surface area contributed by atoms with Gasteiger partial charge in [0.15, 0.2) is 10.3 Å². The summed E-state index contributed by atoms with van der Waals surface area (Å²) in [4.78, 5) is 21.3. The van der Waals surface area contributed by atoms with Gasteiger partial charge in [0.25, 0.3) is 10.0 Å². The van der Waals surface area contributed by atoms with Crippen molar-refractivity contribution >= 4 is 59.1 Å². The number of benzene rings is 2. The lowest BCUT2D eigenvalue weighted by atomic mass is 10.2. The SMILES string of the molecule is Cc1ccc(S(=O)(=O)Nc2nc(CCC(=O)Nc3nc4c(C)cccc4s3)cs2)cc1. The van der Waals surface area contributed by atoms with Crippen molar-refractivity contribution in [1.82, 2.24) is 9.97 Å². The third kappa shape index (κ3) is 5.09. The first kappa shape index (κ1) is 21.4. The van der Waals surface area contributed by atoms with Crippen LogP contribution in [0.4, 0.5) is 10.3 Å². The Hall–Kier alpha value is -2.82. The lowest BCUT2D eigenvalue weighted by molar-refractivity contribution is -0.116. The van der Waals surface area contributed by atoms with Gasteiger partial charge in [0, 0.05) is 11.8 Å². The van der Waals surface area contributed by atoms with E-state index in [4.69, 9.17) is 0 Å². The molecule has 31 heavy (non-hydrogen) atoms. The number of nitrogens with one attached hydrogen (secondary N) is 2. The fraction of sp³-hybridized carbons (Fsp3) is 0.190. The summed E-state index contributed by atoms with van der Waals surface area (Å²) in [5.41, 5.74) is 3.60. The highest BCUT2D eigenvalue weighted by Crippen LogP contribution is 2.28. The summed E-state index contributed by atoms with van der Waals surface area (Å²) in [6.45, 7) is 3.88. The van der Waals surface area contributed by atoms with Crippen LogP contribution in [0.25, 0.3) is 10.2 Å². The summed E-state index contributed by atoms with van der Waals surface area (Å²) >= 11 is 2.63. The highest BCUT2D eigenvalue weighted by Gasteiger charge is 2.16. The Bertz CT molecular complexity index is 1340. The lowest BCUT2D eigenvalue weighted by Gasteiger charge is -2.05. The molecule has 10 heteroatoms. The summed E-state index contributed by atoms with van der Waals surface area (Å²) in [6, 6.07) is 12.5. The van der Waals surface area contributed by atoms with Crippen molar-refractivity contribution in [2.75, 3.05) is 10.0 Å². The monoisotopic (exact) mass is 472 g/mol. The Labute approximate surface area is 188 Å². The first-order valence-electron chi connectivity index (χ1n) is 9.50. The van der Waals surface area contributed by atoms with Crippen molar-refractivity contribution in [3.8, 4) is 0 Å². The van der Waals surface area contributed by atoms with Crippen molar-refractivity contribution < 1.29 is 13.2 Å². The van der Waals surface area contributed by atoms with Crippen LogP contribution < -0.4 is 10.0 Å². The van der Waals surface area contributed by atoms with Gasteiger partial charge in [-0.15, -0.1) is 11.3 Å². The number of fused-ring (bicyclic) bond motifs is 1. The highest BCUT2D eigenvalue weighted by atomic mass is 32.2. The van der Waals surface area contributed by atoms with E-state index in [-0.39, 0.29) is 22.4 Å². The molecule has 0 atom stereocenters. The molecule has 2 aromatic carbocycles. The summed E-state index contributed by atoms with van der Waals surface area (Å²) in [5.74, 6) is -0.161. The highest BCUT2D eigenvalue weighted by molar-refractivity contribution is 7.93. The summed E-state index contributed by atoms with van der Waals surface area (Å²) in [5, 5.41) is 5.43. The zero-order valence-corrected chi connectivity index (χ0v) is 19.3. The largest absolute Gasteiger partial charge is 0.302 e. The second kappa shape index (κ2) is 8.74. The van der Waals surface area contributed by atoms with Crippen LogP contribution in [0.15, 0.2) is 52.7 Å². The van der Waals surface area contributed by atoms with Gasteiger partial charge in [-0.2, -0.15) is 0 Å². The van der Waals surface area contributed by atoms with E-state index in [1.165, 1.54) is 22.7 Å². The minimum absolute atomic E-state index is 0.161. The van der Waals surface area contributed by atoms with E-state index in [0.29, 0.717) is 17.2 Å². The maximum Gasteiger partial charge on any atom is 0.263 e. The first-order valence-corrected chi connectivity index (χ1v) is 12.7. The maximum atomic E-state index is 12.5.